The first kappa shape index (κ1) is 17.3. The van der Waals surface area contributed by atoms with Crippen molar-refractivity contribution in [1.82, 2.24) is 25.4 Å². The highest BCUT2D eigenvalue weighted by Crippen LogP contribution is 2.26. The third kappa shape index (κ3) is 4.36. The number of aromatic nitrogens is 5. The van der Waals surface area contributed by atoms with Gasteiger partial charge >= 0.3 is 0 Å². The number of rotatable bonds is 6. The summed E-state index contributed by atoms with van der Waals surface area (Å²) >= 11 is 2.47. The Morgan fingerprint density at radius 3 is 2.63 bits per heavy atom. The van der Waals surface area contributed by atoms with E-state index >= 15 is 0 Å². The molecule has 0 aliphatic heterocycles. The summed E-state index contributed by atoms with van der Waals surface area (Å²) in [7, 11) is 0. The van der Waals surface area contributed by atoms with E-state index in [9.17, 15) is 4.79 Å². The summed E-state index contributed by atoms with van der Waals surface area (Å²) in [4.78, 5) is 16.1. The number of carbonyl (C=O) groups excluding carboxylic acids is 1. The lowest BCUT2D eigenvalue weighted by molar-refractivity contribution is -0.113. The topological polar surface area (TPSA) is 107 Å². The van der Waals surface area contributed by atoms with Crippen LogP contribution in [0, 0.1) is 0 Å². The summed E-state index contributed by atoms with van der Waals surface area (Å²) in [6.07, 6.45) is 3.29. The molecule has 1 N–H and O–H groups in total. The van der Waals surface area contributed by atoms with Crippen LogP contribution in [0.3, 0.4) is 0 Å². The lowest BCUT2D eigenvalue weighted by atomic mass is 10.2. The molecule has 0 saturated heterocycles. The molecule has 0 fully saturated rings. The minimum atomic E-state index is -0.223. The van der Waals surface area contributed by atoms with E-state index in [1.807, 2.05) is 30.3 Å². The summed E-state index contributed by atoms with van der Waals surface area (Å²) in [6.45, 7) is 0. The van der Waals surface area contributed by atoms with Crippen molar-refractivity contribution in [2.24, 2.45) is 0 Å². The number of benzene rings is 1. The Balaban J connectivity index is 1.33. The number of nitrogens with one attached hydrogen (secondary N) is 1. The van der Waals surface area contributed by atoms with E-state index < -0.39 is 0 Å². The first-order chi connectivity index (χ1) is 13.3. The normalized spacial score (nSPS) is 10.7. The third-order valence-electron chi connectivity index (χ3n) is 3.35. The van der Waals surface area contributed by atoms with E-state index in [4.69, 9.17) is 4.42 Å². The second kappa shape index (κ2) is 8.06. The molecule has 8 nitrogen and oxygen atoms in total. The molecule has 4 rings (SSSR count). The van der Waals surface area contributed by atoms with E-state index in [-0.39, 0.29) is 11.7 Å². The van der Waals surface area contributed by atoms with Crippen LogP contribution < -0.4 is 5.32 Å². The largest absolute Gasteiger partial charge is 0.411 e. The summed E-state index contributed by atoms with van der Waals surface area (Å²) in [5.74, 6) is 0.287. The van der Waals surface area contributed by atoms with Gasteiger partial charge in [0.1, 0.15) is 5.01 Å². The molecular weight excluding hydrogens is 384 g/mol. The van der Waals surface area contributed by atoms with Crippen LogP contribution >= 0.6 is 23.1 Å². The van der Waals surface area contributed by atoms with Gasteiger partial charge in [-0.05, 0) is 12.1 Å². The van der Waals surface area contributed by atoms with Crippen molar-refractivity contribution < 1.29 is 9.21 Å². The summed E-state index contributed by atoms with van der Waals surface area (Å²) in [6, 6.07) is 13.2. The van der Waals surface area contributed by atoms with Crippen molar-refractivity contribution in [3.63, 3.8) is 0 Å². The molecule has 0 aliphatic carbocycles. The fraction of sp³-hybridized carbons (Fsp3) is 0.0588. The zero-order valence-corrected chi connectivity index (χ0v) is 15.4. The number of nitrogens with zero attached hydrogens (tertiary/aromatic N) is 5. The zero-order valence-electron chi connectivity index (χ0n) is 13.8. The van der Waals surface area contributed by atoms with Gasteiger partial charge in [-0.3, -0.25) is 15.1 Å². The van der Waals surface area contributed by atoms with E-state index in [2.05, 4.69) is 30.7 Å². The van der Waals surface area contributed by atoms with Crippen LogP contribution in [0.1, 0.15) is 0 Å². The van der Waals surface area contributed by atoms with E-state index in [0.29, 0.717) is 16.2 Å². The van der Waals surface area contributed by atoms with Crippen LogP contribution in [0.25, 0.3) is 22.0 Å². The Morgan fingerprint density at radius 2 is 1.81 bits per heavy atom. The van der Waals surface area contributed by atoms with Gasteiger partial charge in [0.05, 0.1) is 5.75 Å². The van der Waals surface area contributed by atoms with Crippen LogP contribution in [0.5, 0.6) is 0 Å². The van der Waals surface area contributed by atoms with Crippen molar-refractivity contribution in [2.75, 3.05) is 11.1 Å². The Labute approximate surface area is 162 Å². The van der Waals surface area contributed by atoms with Gasteiger partial charge < -0.3 is 4.42 Å². The molecule has 3 aromatic heterocycles. The molecule has 0 aliphatic rings. The van der Waals surface area contributed by atoms with Gasteiger partial charge in [-0.25, -0.2) is 0 Å². The predicted molar refractivity (Wildman–Crippen MR) is 102 cm³/mol. The van der Waals surface area contributed by atoms with E-state index in [0.717, 1.165) is 27.9 Å². The van der Waals surface area contributed by atoms with Crippen molar-refractivity contribution in [3.05, 3.63) is 54.9 Å². The average molecular weight is 396 g/mol. The van der Waals surface area contributed by atoms with Gasteiger partial charge in [-0.15, -0.1) is 20.4 Å². The third-order valence-corrected chi connectivity index (χ3v) is 5.06. The van der Waals surface area contributed by atoms with E-state index in [1.165, 1.54) is 11.3 Å². The molecule has 1 aromatic carbocycles. The Morgan fingerprint density at radius 1 is 1.00 bits per heavy atom. The quantitative estimate of drug-likeness (QED) is 0.494. The predicted octanol–water partition coefficient (Wildman–Crippen LogP) is 3.38. The van der Waals surface area contributed by atoms with Crippen molar-refractivity contribution in [3.8, 4) is 22.0 Å². The molecule has 3 heterocycles. The van der Waals surface area contributed by atoms with Gasteiger partial charge in [-0.2, -0.15) is 0 Å². The highest BCUT2D eigenvalue weighted by molar-refractivity contribution is 7.99. The SMILES string of the molecule is O=C(CSc1nnc(-c2ccncc2)o1)Nc1nnc(-c2ccccc2)s1. The zero-order chi connectivity index (χ0) is 18.5. The maximum atomic E-state index is 12.1. The molecule has 1 amide bonds. The smallest absolute Gasteiger partial charge is 0.277 e. The number of anilines is 1. The molecule has 0 unspecified atom stereocenters. The highest BCUT2D eigenvalue weighted by atomic mass is 32.2. The number of hydrogen-bond donors (Lipinski definition) is 1. The van der Waals surface area contributed by atoms with Crippen molar-refractivity contribution in [1.29, 1.82) is 0 Å². The molecule has 0 spiro atoms. The molecule has 10 heteroatoms. The summed E-state index contributed by atoms with van der Waals surface area (Å²) in [5, 5.41) is 20.2. The Hall–Kier alpha value is -3.11. The fourth-order valence-corrected chi connectivity index (χ4v) is 3.46. The number of carbonyl (C=O) groups is 1. The van der Waals surface area contributed by atoms with Crippen molar-refractivity contribution in [2.45, 2.75) is 5.22 Å². The average Bonchev–Trinajstić information content (AvgIpc) is 3.37. The van der Waals surface area contributed by atoms with Gasteiger partial charge in [-0.1, -0.05) is 53.4 Å². The summed E-state index contributed by atoms with van der Waals surface area (Å²) < 4.78 is 5.54. The second-order valence-electron chi connectivity index (χ2n) is 5.22. The lowest BCUT2D eigenvalue weighted by Crippen LogP contribution is -2.13. The maximum absolute atomic E-state index is 12.1. The van der Waals surface area contributed by atoms with Crippen LogP contribution in [0.4, 0.5) is 5.13 Å². The molecule has 27 heavy (non-hydrogen) atoms. The molecule has 0 radical (unpaired) electrons. The Kier molecular flexibility index (Phi) is 5.17. The fourth-order valence-electron chi connectivity index (χ4n) is 2.13. The lowest BCUT2D eigenvalue weighted by Gasteiger charge is -1.98. The molecule has 4 aromatic rings. The number of hydrogen-bond acceptors (Lipinski definition) is 9. The molecule has 0 atom stereocenters. The first-order valence-corrected chi connectivity index (χ1v) is 9.63. The minimum Gasteiger partial charge on any atom is -0.411 e. The monoisotopic (exact) mass is 396 g/mol. The standard InChI is InChI=1S/C17H12N6O2S2/c24-13(19-16-22-21-15(27-16)12-4-2-1-3-5-12)10-26-17-23-20-14(25-17)11-6-8-18-9-7-11/h1-9H,10H2,(H,19,22,24). The molecular formula is C17H12N6O2S2. The van der Waals surface area contributed by atoms with Crippen LogP contribution in [-0.2, 0) is 4.79 Å². The first-order valence-electron chi connectivity index (χ1n) is 7.83. The Bertz CT molecular complexity index is 1040. The number of amides is 1. The van der Waals surface area contributed by atoms with Gasteiger partial charge in [0.15, 0.2) is 0 Å². The van der Waals surface area contributed by atoms with Crippen LogP contribution in [0.15, 0.2) is 64.5 Å². The maximum Gasteiger partial charge on any atom is 0.277 e. The minimum absolute atomic E-state index is 0.123. The van der Waals surface area contributed by atoms with Crippen LogP contribution in [0.2, 0.25) is 0 Å². The molecule has 0 saturated carbocycles. The number of thioether (sulfide) groups is 1. The summed E-state index contributed by atoms with van der Waals surface area (Å²) in [5.41, 5.74) is 1.73. The van der Waals surface area contributed by atoms with Gasteiger partial charge in [0.2, 0.25) is 16.9 Å². The number of pyridine rings is 1. The molecule has 0 bridgehead atoms. The van der Waals surface area contributed by atoms with Gasteiger partial charge in [0.25, 0.3) is 5.22 Å². The van der Waals surface area contributed by atoms with Crippen molar-refractivity contribution >= 4 is 34.1 Å². The highest BCUT2D eigenvalue weighted by Gasteiger charge is 2.13. The van der Waals surface area contributed by atoms with Crippen LogP contribution in [-0.4, -0.2) is 37.0 Å². The van der Waals surface area contributed by atoms with Gasteiger partial charge in [0, 0.05) is 23.5 Å². The second-order valence-corrected chi connectivity index (χ2v) is 7.13. The van der Waals surface area contributed by atoms with E-state index in [1.54, 1.807) is 24.5 Å². The molecule has 134 valence electrons.